The molecular weight excluding hydrogens is 278 g/mol. The van der Waals surface area contributed by atoms with Gasteiger partial charge in [0.2, 0.25) is 0 Å². The molecule has 0 unspecified atom stereocenters. The zero-order valence-corrected chi connectivity index (χ0v) is 13.3. The van der Waals surface area contributed by atoms with Crippen molar-refractivity contribution in [3.05, 3.63) is 42.5 Å². The molecule has 1 aromatic heterocycles. The van der Waals surface area contributed by atoms with Gasteiger partial charge in [-0.1, -0.05) is 13.8 Å². The number of rotatable bonds is 6. The third kappa shape index (κ3) is 4.51. The molecule has 0 aliphatic carbocycles. The van der Waals surface area contributed by atoms with E-state index in [1.165, 1.54) is 0 Å². The van der Waals surface area contributed by atoms with Gasteiger partial charge in [-0.25, -0.2) is 9.98 Å². The van der Waals surface area contributed by atoms with E-state index in [1.54, 1.807) is 13.3 Å². The number of anilines is 1. The van der Waals surface area contributed by atoms with Gasteiger partial charge in [-0.3, -0.25) is 0 Å². The molecule has 0 spiro atoms. The topological polar surface area (TPSA) is 77.5 Å². The number of imidazole rings is 1. The number of aliphatic imine (C=N–C) groups is 1. The standard InChI is InChI=1S/C16H23N5O/c1-12(2)11-21-9-8-18-15(21)10-19-16(17)20-13-4-6-14(22-3)7-5-13/h4-9,12H,10-11H2,1-3H3,(H3,17,19,20). The van der Waals surface area contributed by atoms with E-state index in [4.69, 9.17) is 10.5 Å². The van der Waals surface area contributed by atoms with Crippen LogP contribution < -0.4 is 15.8 Å². The van der Waals surface area contributed by atoms with Crippen molar-refractivity contribution in [3.63, 3.8) is 0 Å². The molecule has 6 nitrogen and oxygen atoms in total. The third-order valence-electron chi connectivity index (χ3n) is 3.12. The second kappa shape index (κ2) is 7.49. The van der Waals surface area contributed by atoms with Crippen LogP contribution in [0.4, 0.5) is 5.69 Å². The van der Waals surface area contributed by atoms with Gasteiger partial charge in [-0.2, -0.15) is 0 Å². The highest BCUT2D eigenvalue weighted by Crippen LogP contribution is 2.14. The third-order valence-corrected chi connectivity index (χ3v) is 3.12. The Morgan fingerprint density at radius 3 is 2.73 bits per heavy atom. The van der Waals surface area contributed by atoms with Gasteiger partial charge >= 0.3 is 0 Å². The van der Waals surface area contributed by atoms with Gasteiger partial charge in [0.15, 0.2) is 5.96 Å². The molecule has 0 radical (unpaired) electrons. The quantitative estimate of drug-likeness (QED) is 0.634. The SMILES string of the molecule is COc1ccc(NC(N)=NCc2nccn2CC(C)C)cc1. The zero-order valence-electron chi connectivity index (χ0n) is 13.3. The number of nitrogens with zero attached hydrogens (tertiary/aromatic N) is 3. The maximum Gasteiger partial charge on any atom is 0.193 e. The van der Waals surface area contributed by atoms with Crippen molar-refractivity contribution in [2.75, 3.05) is 12.4 Å². The summed E-state index contributed by atoms with van der Waals surface area (Å²) in [5.74, 6) is 2.64. The molecule has 118 valence electrons. The van der Waals surface area contributed by atoms with Gasteiger partial charge in [-0.15, -0.1) is 0 Å². The number of nitrogens with one attached hydrogen (secondary N) is 1. The first-order chi connectivity index (χ1) is 10.6. The van der Waals surface area contributed by atoms with Gasteiger partial charge in [0.1, 0.15) is 18.1 Å². The highest BCUT2D eigenvalue weighted by Gasteiger charge is 2.04. The largest absolute Gasteiger partial charge is 0.497 e. The number of hydrogen-bond acceptors (Lipinski definition) is 3. The number of methoxy groups -OCH3 is 1. The van der Waals surface area contributed by atoms with Crippen LogP contribution in [-0.2, 0) is 13.1 Å². The van der Waals surface area contributed by atoms with Crippen molar-refractivity contribution >= 4 is 11.6 Å². The molecule has 0 aliphatic heterocycles. The maximum atomic E-state index is 5.91. The van der Waals surface area contributed by atoms with Crippen LogP contribution in [-0.4, -0.2) is 22.6 Å². The molecule has 3 N–H and O–H groups in total. The fourth-order valence-electron chi connectivity index (χ4n) is 2.07. The fraction of sp³-hybridized carbons (Fsp3) is 0.375. The van der Waals surface area contributed by atoms with Crippen LogP contribution in [0.15, 0.2) is 41.7 Å². The predicted octanol–water partition coefficient (Wildman–Crippen LogP) is 2.47. The average molecular weight is 301 g/mol. The molecule has 22 heavy (non-hydrogen) atoms. The Hall–Kier alpha value is -2.50. The smallest absolute Gasteiger partial charge is 0.193 e. The Labute approximate surface area is 131 Å². The normalized spacial score (nSPS) is 11.7. The maximum absolute atomic E-state index is 5.91. The van der Waals surface area contributed by atoms with Crippen molar-refractivity contribution in [3.8, 4) is 5.75 Å². The molecule has 6 heteroatoms. The Balaban J connectivity index is 1.96. The number of hydrogen-bond donors (Lipinski definition) is 2. The van der Waals surface area contributed by atoms with Gasteiger partial charge in [0, 0.05) is 24.6 Å². The number of guanidine groups is 1. The van der Waals surface area contributed by atoms with Crippen LogP contribution >= 0.6 is 0 Å². The first-order valence-electron chi connectivity index (χ1n) is 7.29. The van der Waals surface area contributed by atoms with Crippen LogP contribution in [0.3, 0.4) is 0 Å². The predicted molar refractivity (Wildman–Crippen MR) is 89.0 cm³/mol. The Kier molecular flexibility index (Phi) is 5.41. The van der Waals surface area contributed by atoms with E-state index in [0.717, 1.165) is 23.8 Å². The minimum absolute atomic E-state index is 0.365. The lowest BCUT2D eigenvalue weighted by molar-refractivity contribution is 0.415. The Morgan fingerprint density at radius 1 is 1.36 bits per heavy atom. The van der Waals surface area contributed by atoms with Gasteiger partial charge < -0.3 is 20.4 Å². The molecule has 0 fully saturated rings. The molecule has 0 bridgehead atoms. The van der Waals surface area contributed by atoms with E-state index in [1.807, 2.05) is 30.5 Å². The first-order valence-corrected chi connectivity index (χ1v) is 7.29. The van der Waals surface area contributed by atoms with E-state index in [0.29, 0.717) is 18.4 Å². The summed E-state index contributed by atoms with van der Waals surface area (Å²) in [6, 6.07) is 7.51. The van der Waals surface area contributed by atoms with Crippen molar-refractivity contribution in [1.82, 2.24) is 9.55 Å². The highest BCUT2D eigenvalue weighted by molar-refractivity contribution is 5.92. The van der Waals surface area contributed by atoms with Crippen LogP contribution in [0.1, 0.15) is 19.7 Å². The van der Waals surface area contributed by atoms with Gasteiger partial charge in [0.05, 0.1) is 7.11 Å². The van der Waals surface area contributed by atoms with E-state index in [9.17, 15) is 0 Å². The van der Waals surface area contributed by atoms with E-state index in [2.05, 4.69) is 33.7 Å². The van der Waals surface area contributed by atoms with Crippen LogP contribution in [0.25, 0.3) is 0 Å². The number of benzene rings is 1. The minimum Gasteiger partial charge on any atom is -0.497 e. The number of aromatic nitrogens is 2. The van der Waals surface area contributed by atoms with E-state index < -0.39 is 0 Å². The summed E-state index contributed by atoms with van der Waals surface area (Å²) in [5.41, 5.74) is 6.78. The first kappa shape index (κ1) is 15.9. The summed E-state index contributed by atoms with van der Waals surface area (Å²) in [6.45, 7) is 5.73. The van der Waals surface area contributed by atoms with Crippen LogP contribution in [0.5, 0.6) is 5.75 Å². The molecule has 0 aliphatic rings. The number of ether oxygens (including phenoxy) is 1. The van der Waals surface area contributed by atoms with Crippen molar-refractivity contribution in [2.45, 2.75) is 26.9 Å². The molecule has 2 aromatic rings. The lowest BCUT2D eigenvalue weighted by Crippen LogP contribution is -2.23. The lowest BCUT2D eigenvalue weighted by Gasteiger charge is -2.10. The second-order valence-electron chi connectivity index (χ2n) is 5.44. The monoisotopic (exact) mass is 301 g/mol. The Bertz CT molecular complexity index is 616. The molecule has 0 saturated heterocycles. The van der Waals surface area contributed by atoms with E-state index >= 15 is 0 Å². The zero-order chi connectivity index (χ0) is 15.9. The molecular formula is C16H23N5O. The summed E-state index contributed by atoms with van der Waals surface area (Å²) in [4.78, 5) is 8.67. The van der Waals surface area contributed by atoms with Crippen molar-refractivity contribution < 1.29 is 4.74 Å². The lowest BCUT2D eigenvalue weighted by atomic mass is 10.2. The molecule has 2 rings (SSSR count). The number of nitrogens with two attached hydrogens (primary N) is 1. The molecule has 1 aromatic carbocycles. The summed E-state index contributed by atoms with van der Waals surface area (Å²) < 4.78 is 7.22. The highest BCUT2D eigenvalue weighted by atomic mass is 16.5. The Morgan fingerprint density at radius 2 is 2.09 bits per heavy atom. The van der Waals surface area contributed by atoms with Crippen LogP contribution in [0.2, 0.25) is 0 Å². The molecule has 0 saturated carbocycles. The van der Waals surface area contributed by atoms with Crippen molar-refractivity contribution in [1.29, 1.82) is 0 Å². The molecule has 1 heterocycles. The van der Waals surface area contributed by atoms with Crippen LogP contribution in [0, 0.1) is 5.92 Å². The summed E-state index contributed by atoms with van der Waals surface area (Å²) in [7, 11) is 1.64. The minimum atomic E-state index is 0.365. The average Bonchev–Trinajstić information content (AvgIpc) is 2.92. The van der Waals surface area contributed by atoms with Gasteiger partial charge in [0.25, 0.3) is 0 Å². The molecule has 0 atom stereocenters. The summed E-state index contributed by atoms with van der Waals surface area (Å²) in [5, 5.41) is 3.05. The fourth-order valence-corrected chi connectivity index (χ4v) is 2.07. The molecule has 0 amide bonds. The second-order valence-corrected chi connectivity index (χ2v) is 5.44. The summed E-state index contributed by atoms with van der Waals surface area (Å²) >= 11 is 0. The van der Waals surface area contributed by atoms with Crippen molar-refractivity contribution in [2.24, 2.45) is 16.6 Å². The summed E-state index contributed by atoms with van der Waals surface area (Å²) in [6.07, 6.45) is 3.76. The van der Waals surface area contributed by atoms with Gasteiger partial charge in [-0.05, 0) is 30.2 Å². The van der Waals surface area contributed by atoms with E-state index in [-0.39, 0.29) is 0 Å².